The molecule has 1 aliphatic rings. The molecule has 2 aromatic heterocycles. The van der Waals surface area contributed by atoms with Crippen LogP contribution in [0.2, 0.25) is 0 Å². The van der Waals surface area contributed by atoms with Gasteiger partial charge in [0.2, 0.25) is 0 Å². The first-order valence-corrected chi connectivity index (χ1v) is 6.65. The number of urea groups is 1. The van der Waals surface area contributed by atoms with E-state index in [-0.39, 0.29) is 12.1 Å². The molecule has 3 rings (SSSR count). The molecule has 2 amide bonds. The van der Waals surface area contributed by atoms with Crippen molar-refractivity contribution in [3.8, 4) is 0 Å². The zero-order chi connectivity index (χ0) is 13.9. The average molecular weight is 272 g/mol. The van der Waals surface area contributed by atoms with Gasteiger partial charge in [0.05, 0.1) is 23.6 Å². The lowest BCUT2D eigenvalue weighted by Gasteiger charge is -2.22. The van der Waals surface area contributed by atoms with Crippen LogP contribution in [0.5, 0.6) is 0 Å². The molecule has 104 valence electrons. The molecular formula is C14H16N4O2. The lowest BCUT2D eigenvalue weighted by Crippen LogP contribution is -2.34. The predicted molar refractivity (Wildman–Crippen MR) is 73.2 cm³/mol. The summed E-state index contributed by atoms with van der Waals surface area (Å²) in [5.41, 5.74) is 1.52. The molecule has 1 N–H and O–H groups in total. The van der Waals surface area contributed by atoms with Crippen molar-refractivity contribution < 1.29 is 9.32 Å². The van der Waals surface area contributed by atoms with Crippen molar-refractivity contribution in [2.45, 2.75) is 25.8 Å². The summed E-state index contributed by atoms with van der Waals surface area (Å²) < 4.78 is 5.29. The van der Waals surface area contributed by atoms with Gasteiger partial charge in [-0.15, -0.1) is 0 Å². The van der Waals surface area contributed by atoms with Crippen molar-refractivity contribution >= 4 is 11.7 Å². The van der Waals surface area contributed by atoms with Crippen LogP contribution in [0.15, 0.2) is 35.1 Å². The van der Waals surface area contributed by atoms with Gasteiger partial charge in [-0.3, -0.25) is 4.98 Å². The molecule has 3 heterocycles. The van der Waals surface area contributed by atoms with E-state index in [0.717, 1.165) is 30.8 Å². The van der Waals surface area contributed by atoms with Gasteiger partial charge < -0.3 is 14.7 Å². The summed E-state index contributed by atoms with van der Waals surface area (Å²) in [6, 6.07) is 5.33. The van der Waals surface area contributed by atoms with Gasteiger partial charge in [0.1, 0.15) is 0 Å². The highest BCUT2D eigenvalue weighted by atomic mass is 16.5. The van der Waals surface area contributed by atoms with E-state index >= 15 is 0 Å². The lowest BCUT2D eigenvalue weighted by molar-refractivity contribution is 0.195. The lowest BCUT2D eigenvalue weighted by atomic mass is 10.1. The molecule has 1 fully saturated rings. The van der Waals surface area contributed by atoms with Crippen LogP contribution in [0.3, 0.4) is 0 Å². The molecule has 2 aromatic rings. The highest BCUT2D eigenvalue weighted by Gasteiger charge is 2.32. The van der Waals surface area contributed by atoms with Crippen LogP contribution in [-0.2, 0) is 0 Å². The quantitative estimate of drug-likeness (QED) is 0.912. The number of carbonyl (C=O) groups is 1. The maximum absolute atomic E-state index is 12.3. The maximum Gasteiger partial charge on any atom is 0.322 e. The van der Waals surface area contributed by atoms with Crippen LogP contribution in [0.4, 0.5) is 10.5 Å². The number of aromatic nitrogens is 2. The van der Waals surface area contributed by atoms with Crippen molar-refractivity contribution in [1.82, 2.24) is 15.0 Å². The zero-order valence-electron chi connectivity index (χ0n) is 11.2. The Morgan fingerprint density at radius 2 is 2.45 bits per heavy atom. The number of hydrogen-bond acceptors (Lipinski definition) is 4. The fourth-order valence-electron chi connectivity index (χ4n) is 2.48. The average Bonchev–Trinajstić information content (AvgIpc) is 3.08. The van der Waals surface area contributed by atoms with E-state index in [4.69, 9.17) is 4.52 Å². The second-order valence-electron chi connectivity index (χ2n) is 4.89. The van der Waals surface area contributed by atoms with Crippen LogP contribution in [0.25, 0.3) is 0 Å². The first kappa shape index (κ1) is 12.7. The molecule has 1 aliphatic heterocycles. The standard InChI is InChI=1S/C14H16N4O2/c1-10-8-13(20-17-10)12-5-3-7-18(12)14(19)16-11-4-2-6-15-9-11/h2,4,6,8-9,12H,3,5,7H2,1H3,(H,16,19)/t12-/m0/s1. The van der Waals surface area contributed by atoms with Crippen LogP contribution in [0.1, 0.15) is 30.3 Å². The van der Waals surface area contributed by atoms with Crippen molar-refractivity contribution in [2.75, 3.05) is 11.9 Å². The van der Waals surface area contributed by atoms with Crippen LogP contribution in [0, 0.1) is 6.92 Å². The van der Waals surface area contributed by atoms with Crippen LogP contribution >= 0.6 is 0 Å². The summed E-state index contributed by atoms with van der Waals surface area (Å²) in [5, 5.41) is 6.75. The molecule has 0 unspecified atom stereocenters. The summed E-state index contributed by atoms with van der Waals surface area (Å²) in [5.74, 6) is 0.751. The van der Waals surface area contributed by atoms with Crippen LogP contribution < -0.4 is 5.32 Å². The van der Waals surface area contributed by atoms with Crippen molar-refractivity contribution in [1.29, 1.82) is 0 Å². The van der Waals surface area contributed by atoms with E-state index in [1.165, 1.54) is 0 Å². The van der Waals surface area contributed by atoms with Gasteiger partial charge in [0.15, 0.2) is 5.76 Å². The molecule has 0 radical (unpaired) electrons. The molecule has 0 aromatic carbocycles. The molecular weight excluding hydrogens is 256 g/mol. The zero-order valence-corrected chi connectivity index (χ0v) is 11.2. The Hall–Kier alpha value is -2.37. The Kier molecular flexibility index (Phi) is 3.37. The van der Waals surface area contributed by atoms with Gasteiger partial charge >= 0.3 is 6.03 Å². The largest absolute Gasteiger partial charge is 0.359 e. The number of rotatable bonds is 2. The summed E-state index contributed by atoms with van der Waals surface area (Å²) in [7, 11) is 0. The molecule has 1 saturated heterocycles. The number of pyridine rings is 1. The normalized spacial score (nSPS) is 18.2. The minimum absolute atomic E-state index is 0.0344. The van der Waals surface area contributed by atoms with E-state index in [0.29, 0.717) is 5.69 Å². The molecule has 6 nitrogen and oxygen atoms in total. The second kappa shape index (κ2) is 5.32. The van der Waals surface area contributed by atoms with Gasteiger partial charge in [-0.05, 0) is 31.9 Å². The fraction of sp³-hybridized carbons (Fsp3) is 0.357. The third kappa shape index (κ3) is 2.49. The summed E-state index contributed by atoms with van der Waals surface area (Å²) >= 11 is 0. The van der Waals surface area contributed by atoms with Gasteiger partial charge in [-0.2, -0.15) is 0 Å². The van der Waals surface area contributed by atoms with Crippen LogP contribution in [-0.4, -0.2) is 27.6 Å². The van der Waals surface area contributed by atoms with Crippen molar-refractivity contribution in [3.63, 3.8) is 0 Å². The summed E-state index contributed by atoms with van der Waals surface area (Å²) in [6.07, 6.45) is 5.16. The topological polar surface area (TPSA) is 71.3 Å². The molecule has 0 aliphatic carbocycles. The maximum atomic E-state index is 12.3. The van der Waals surface area contributed by atoms with E-state index in [1.807, 2.05) is 19.1 Å². The third-order valence-corrected chi connectivity index (χ3v) is 3.40. The number of likely N-dealkylation sites (tertiary alicyclic amines) is 1. The fourth-order valence-corrected chi connectivity index (χ4v) is 2.48. The number of aryl methyl sites for hydroxylation is 1. The second-order valence-corrected chi connectivity index (χ2v) is 4.89. The van der Waals surface area contributed by atoms with Gasteiger partial charge in [-0.25, -0.2) is 4.79 Å². The monoisotopic (exact) mass is 272 g/mol. The Labute approximate surface area is 116 Å². The summed E-state index contributed by atoms with van der Waals surface area (Å²) in [6.45, 7) is 2.60. The number of nitrogens with zero attached hydrogens (tertiary/aromatic N) is 3. The Morgan fingerprint density at radius 3 is 3.15 bits per heavy atom. The first-order valence-electron chi connectivity index (χ1n) is 6.65. The number of anilines is 1. The third-order valence-electron chi connectivity index (χ3n) is 3.40. The van der Waals surface area contributed by atoms with E-state index < -0.39 is 0 Å². The molecule has 20 heavy (non-hydrogen) atoms. The summed E-state index contributed by atoms with van der Waals surface area (Å²) in [4.78, 5) is 18.1. The Balaban J connectivity index is 1.73. The number of hydrogen-bond donors (Lipinski definition) is 1. The molecule has 6 heteroatoms. The molecule has 0 saturated carbocycles. The van der Waals surface area contributed by atoms with Crippen molar-refractivity contribution in [2.24, 2.45) is 0 Å². The minimum atomic E-state index is -0.130. The molecule has 0 spiro atoms. The molecule has 0 bridgehead atoms. The van der Waals surface area contributed by atoms with E-state index in [1.54, 1.807) is 23.4 Å². The molecule has 1 atom stereocenters. The highest BCUT2D eigenvalue weighted by Crippen LogP contribution is 2.32. The number of amides is 2. The smallest absolute Gasteiger partial charge is 0.322 e. The highest BCUT2D eigenvalue weighted by molar-refractivity contribution is 5.89. The number of nitrogens with one attached hydrogen (secondary N) is 1. The minimum Gasteiger partial charge on any atom is -0.359 e. The Bertz CT molecular complexity index is 596. The van der Waals surface area contributed by atoms with E-state index in [2.05, 4.69) is 15.5 Å². The van der Waals surface area contributed by atoms with Gasteiger partial charge in [0, 0.05) is 18.8 Å². The van der Waals surface area contributed by atoms with Gasteiger partial charge in [0.25, 0.3) is 0 Å². The SMILES string of the molecule is Cc1cc([C@@H]2CCCN2C(=O)Nc2cccnc2)on1. The first-order chi connectivity index (χ1) is 9.74. The van der Waals surface area contributed by atoms with E-state index in [9.17, 15) is 4.79 Å². The predicted octanol–water partition coefficient (Wildman–Crippen LogP) is 2.75. The number of carbonyl (C=O) groups excluding carboxylic acids is 1. The van der Waals surface area contributed by atoms with Gasteiger partial charge in [-0.1, -0.05) is 5.16 Å². The Morgan fingerprint density at radius 1 is 1.55 bits per heavy atom. The van der Waals surface area contributed by atoms with Crippen molar-refractivity contribution in [3.05, 3.63) is 42.0 Å².